The summed E-state index contributed by atoms with van der Waals surface area (Å²) >= 11 is 0. The smallest absolute Gasteiger partial charge is 0.275 e. The molecule has 2 aromatic carbocycles. The van der Waals surface area contributed by atoms with Gasteiger partial charge >= 0.3 is 0 Å². The molecule has 140 valence electrons. The van der Waals surface area contributed by atoms with E-state index in [9.17, 15) is 4.79 Å². The van der Waals surface area contributed by atoms with Crippen molar-refractivity contribution in [2.75, 3.05) is 7.11 Å². The van der Waals surface area contributed by atoms with E-state index in [1.165, 1.54) is 11.1 Å². The van der Waals surface area contributed by atoms with E-state index >= 15 is 0 Å². The van der Waals surface area contributed by atoms with Crippen LogP contribution < -0.4 is 10.1 Å². The summed E-state index contributed by atoms with van der Waals surface area (Å²) in [6, 6.07) is 14.4. The van der Waals surface area contributed by atoms with Crippen LogP contribution in [0, 0.1) is 6.92 Å². The Kier molecular flexibility index (Phi) is 5.75. The van der Waals surface area contributed by atoms with Gasteiger partial charge in [0.25, 0.3) is 5.91 Å². The molecule has 1 heterocycles. The lowest BCUT2D eigenvalue weighted by molar-refractivity contribution is -0.115. The summed E-state index contributed by atoms with van der Waals surface area (Å²) in [5.74, 6) is 1.79. The number of amidine groups is 1. The lowest BCUT2D eigenvalue weighted by Crippen LogP contribution is -2.24. The van der Waals surface area contributed by atoms with E-state index in [1.54, 1.807) is 7.11 Å². The van der Waals surface area contributed by atoms with E-state index < -0.39 is 0 Å². The number of aryl methyl sites for hydroxylation is 2. The average Bonchev–Trinajstić information content (AvgIpc) is 2.99. The summed E-state index contributed by atoms with van der Waals surface area (Å²) in [6.45, 7) is 6.33. The second-order valence-electron chi connectivity index (χ2n) is 7.19. The second kappa shape index (κ2) is 8.21. The van der Waals surface area contributed by atoms with Gasteiger partial charge in [0, 0.05) is 6.42 Å². The first-order valence-corrected chi connectivity index (χ1v) is 9.30. The fourth-order valence-corrected chi connectivity index (χ4v) is 3.22. The zero-order valence-corrected chi connectivity index (χ0v) is 16.4. The van der Waals surface area contributed by atoms with Gasteiger partial charge in [-0.2, -0.15) is 0 Å². The molecule has 0 radical (unpaired) electrons. The number of carbonyl (C=O) groups excluding carboxylic acids is 1. The predicted molar refractivity (Wildman–Crippen MR) is 110 cm³/mol. The standard InChI is InChI=1S/C23H26N2O2/c1-15(2)19-13-18(8-10-21(19)27-4)14-20-23(26)25-22(24-20)11-9-17-7-5-6-16(3)12-17/h5-8,10,12-15H,9,11H2,1-4H3,(H,24,25,26)/b20-14+. The largest absolute Gasteiger partial charge is 0.496 e. The number of aliphatic imine (C=N–C) groups is 1. The van der Waals surface area contributed by atoms with Crippen molar-refractivity contribution >= 4 is 17.8 Å². The van der Waals surface area contributed by atoms with Gasteiger partial charge in [-0.25, -0.2) is 4.99 Å². The highest BCUT2D eigenvalue weighted by molar-refractivity contribution is 6.14. The number of hydrogen-bond donors (Lipinski definition) is 1. The number of rotatable bonds is 6. The topological polar surface area (TPSA) is 50.7 Å². The molecule has 3 rings (SSSR count). The molecule has 0 spiro atoms. The van der Waals surface area contributed by atoms with Crippen LogP contribution in [0.25, 0.3) is 6.08 Å². The van der Waals surface area contributed by atoms with E-state index in [0.717, 1.165) is 29.1 Å². The van der Waals surface area contributed by atoms with Crippen molar-refractivity contribution in [3.8, 4) is 5.75 Å². The fourth-order valence-electron chi connectivity index (χ4n) is 3.22. The number of ether oxygens (including phenoxy) is 1. The van der Waals surface area contributed by atoms with E-state index in [2.05, 4.69) is 61.4 Å². The number of carbonyl (C=O) groups is 1. The number of amides is 1. The first-order chi connectivity index (χ1) is 13.0. The lowest BCUT2D eigenvalue weighted by atomic mass is 9.99. The third kappa shape index (κ3) is 4.64. The molecule has 0 bridgehead atoms. The van der Waals surface area contributed by atoms with Crippen LogP contribution in [-0.4, -0.2) is 18.9 Å². The molecule has 1 aliphatic rings. The average molecular weight is 362 g/mol. The fraction of sp³-hybridized carbons (Fsp3) is 0.304. The monoisotopic (exact) mass is 362 g/mol. The van der Waals surface area contributed by atoms with Crippen LogP contribution in [-0.2, 0) is 11.2 Å². The molecule has 0 fully saturated rings. The number of methoxy groups -OCH3 is 1. The normalized spacial score (nSPS) is 15.2. The Hall–Kier alpha value is -2.88. The van der Waals surface area contributed by atoms with Gasteiger partial charge < -0.3 is 10.1 Å². The molecular formula is C23H26N2O2. The van der Waals surface area contributed by atoms with Gasteiger partial charge in [-0.15, -0.1) is 0 Å². The molecule has 0 aromatic heterocycles. The molecule has 0 aliphatic carbocycles. The van der Waals surface area contributed by atoms with Crippen LogP contribution in [0.1, 0.15) is 48.4 Å². The van der Waals surface area contributed by atoms with Crippen molar-refractivity contribution < 1.29 is 9.53 Å². The maximum Gasteiger partial charge on any atom is 0.275 e. The Bertz CT molecular complexity index is 910. The summed E-state index contributed by atoms with van der Waals surface area (Å²) in [4.78, 5) is 16.8. The van der Waals surface area contributed by atoms with Crippen LogP contribution in [0.4, 0.5) is 0 Å². The van der Waals surface area contributed by atoms with Gasteiger partial charge in [-0.05, 0) is 54.2 Å². The van der Waals surface area contributed by atoms with Crippen LogP contribution in [0.15, 0.2) is 53.2 Å². The lowest BCUT2D eigenvalue weighted by Gasteiger charge is -2.12. The third-order valence-corrected chi connectivity index (χ3v) is 4.66. The minimum Gasteiger partial charge on any atom is -0.496 e. The van der Waals surface area contributed by atoms with E-state index in [4.69, 9.17) is 4.74 Å². The molecule has 0 saturated carbocycles. The molecule has 0 atom stereocenters. The van der Waals surface area contributed by atoms with Crippen molar-refractivity contribution in [2.24, 2.45) is 4.99 Å². The quantitative estimate of drug-likeness (QED) is 0.762. The highest BCUT2D eigenvalue weighted by Crippen LogP contribution is 2.28. The third-order valence-electron chi connectivity index (χ3n) is 4.66. The van der Waals surface area contributed by atoms with Gasteiger partial charge in [0.15, 0.2) is 0 Å². The number of hydrogen-bond acceptors (Lipinski definition) is 3. The first kappa shape index (κ1) is 18.9. The van der Waals surface area contributed by atoms with E-state index in [0.29, 0.717) is 18.0 Å². The zero-order chi connectivity index (χ0) is 19.4. The number of nitrogens with zero attached hydrogens (tertiary/aromatic N) is 1. The maximum atomic E-state index is 12.3. The van der Waals surface area contributed by atoms with Gasteiger partial charge in [-0.3, -0.25) is 4.79 Å². The molecule has 1 aliphatic heterocycles. The maximum absolute atomic E-state index is 12.3. The Labute approximate surface area is 161 Å². The summed E-state index contributed by atoms with van der Waals surface area (Å²) in [5, 5.41) is 2.89. The van der Waals surface area contributed by atoms with E-state index in [1.807, 2.05) is 18.2 Å². The van der Waals surface area contributed by atoms with Crippen molar-refractivity contribution in [3.63, 3.8) is 0 Å². The SMILES string of the molecule is COc1ccc(/C=C2/N=C(CCc3cccc(C)c3)NC2=O)cc1C(C)C. The molecule has 1 amide bonds. The van der Waals surface area contributed by atoms with Crippen molar-refractivity contribution in [1.82, 2.24) is 5.32 Å². The molecule has 1 N–H and O–H groups in total. The van der Waals surface area contributed by atoms with E-state index in [-0.39, 0.29) is 5.91 Å². The van der Waals surface area contributed by atoms with Gasteiger partial charge in [0.05, 0.1) is 7.11 Å². The van der Waals surface area contributed by atoms with Gasteiger partial charge in [0.1, 0.15) is 17.3 Å². The summed E-state index contributed by atoms with van der Waals surface area (Å²) in [5.41, 5.74) is 5.02. The molecule has 27 heavy (non-hydrogen) atoms. The second-order valence-corrected chi connectivity index (χ2v) is 7.19. The van der Waals surface area contributed by atoms with Crippen LogP contribution in [0.5, 0.6) is 5.75 Å². The number of benzene rings is 2. The molecule has 0 saturated heterocycles. The zero-order valence-electron chi connectivity index (χ0n) is 16.4. The van der Waals surface area contributed by atoms with Crippen molar-refractivity contribution in [1.29, 1.82) is 0 Å². The summed E-state index contributed by atoms with van der Waals surface area (Å²) in [6.07, 6.45) is 3.40. The minimum absolute atomic E-state index is 0.142. The molecule has 2 aromatic rings. The highest BCUT2D eigenvalue weighted by atomic mass is 16.5. The predicted octanol–water partition coefficient (Wildman–Crippen LogP) is 4.63. The minimum atomic E-state index is -0.142. The molecule has 0 unspecified atom stereocenters. The Morgan fingerprint density at radius 1 is 1.15 bits per heavy atom. The molecular weight excluding hydrogens is 336 g/mol. The summed E-state index contributed by atoms with van der Waals surface area (Å²) < 4.78 is 5.42. The van der Waals surface area contributed by atoms with Crippen molar-refractivity contribution in [3.05, 3.63) is 70.4 Å². The molecule has 4 heteroatoms. The van der Waals surface area contributed by atoms with Crippen LogP contribution in [0.3, 0.4) is 0 Å². The van der Waals surface area contributed by atoms with Crippen molar-refractivity contribution in [2.45, 2.75) is 39.5 Å². The molecule has 4 nitrogen and oxygen atoms in total. The highest BCUT2D eigenvalue weighted by Gasteiger charge is 2.20. The number of nitrogens with one attached hydrogen (secondary N) is 1. The van der Waals surface area contributed by atoms with Gasteiger partial charge in [0.2, 0.25) is 0 Å². The first-order valence-electron chi connectivity index (χ1n) is 9.30. The summed E-state index contributed by atoms with van der Waals surface area (Å²) in [7, 11) is 1.68. The Balaban J connectivity index is 1.76. The van der Waals surface area contributed by atoms with Crippen LogP contribution >= 0.6 is 0 Å². The van der Waals surface area contributed by atoms with Gasteiger partial charge in [-0.1, -0.05) is 49.7 Å². The Morgan fingerprint density at radius 3 is 2.67 bits per heavy atom. The Morgan fingerprint density at radius 2 is 1.96 bits per heavy atom. The van der Waals surface area contributed by atoms with Crippen LogP contribution in [0.2, 0.25) is 0 Å².